The minimum Gasteiger partial charge on any atom is -0.481 e. The number of aliphatic carboxylic acids is 1. The van der Waals surface area contributed by atoms with Crippen LogP contribution in [0.3, 0.4) is 0 Å². The van der Waals surface area contributed by atoms with Gasteiger partial charge in [0, 0.05) is 9.35 Å². The summed E-state index contributed by atoms with van der Waals surface area (Å²) in [5.74, 6) is -0.827. The van der Waals surface area contributed by atoms with Crippen molar-refractivity contribution in [2.45, 2.75) is 20.3 Å². The summed E-state index contributed by atoms with van der Waals surface area (Å²) in [5.41, 5.74) is 0. The molecule has 0 spiro atoms. The van der Waals surface area contributed by atoms with Crippen molar-refractivity contribution >= 4 is 33.2 Å². The summed E-state index contributed by atoms with van der Waals surface area (Å²) in [6.45, 7) is 3.89. The molecule has 0 bridgehead atoms. The van der Waals surface area contributed by atoms with E-state index in [2.05, 4.69) is 15.9 Å². The molecular weight excluding hydrogens is 264 g/mol. The lowest BCUT2D eigenvalue weighted by molar-refractivity contribution is -0.143. The second-order valence-electron chi connectivity index (χ2n) is 3.58. The summed E-state index contributed by atoms with van der Waals surface area (Å²) in [6.07, 6.45) is 0.616. The molecule has 0 fully saturated rings. The van der Waals surface area contributed by atoms with Crippen LogP contribution in [0.25, 0.3) is 0 Å². The van der Waals surface area contributed by atoms with E-state index in [0.717, 1.165) is 9.35 Å². The lowest BCUT2D eigenvalue weighted by atomic mass is 9.92. The van der Waals surface area contributed by atoms with E-state index in [1.807, 2.05) is 25.3 Å². The molecule has 4 heteroatoms. The van der Waals surface area contributed by atoms with E-state index < -0.39 is 5.97 Å². The molecule has 1 N–H and O–H groups in total. The fourth-order valence-corrected chi connectivity index (χ4v) is 2.85. The van der Waals surface area contributed by atoms with Crippen molar-refractivity contribution in [3.63, 3.8) is 0 Å². The lowest BCUT2D eigenvalue weighted by Crippen LogP contribution is -2.21. The molecule has 0 saturated carbocycles. The van der Waals surface area contributed by atoms with Crippen molar-refractivity contribution in [2.75, 3.05) is 0 Å². The normalized spacial score (nSPS) is 13.1. The predicted molar refractivity (Wildman–Crippen MR) is 61.7 cm³/mol. The molecule has 0 saturated heterocycles. The molecule has 2 nitrogen and oxygen atoms in total. The molecular formula is C10H13BrO2S. The quantitative estimate of drug-likeness (QED) is 0.915. The van der Waals surface area contributed by atoms with E-state index >= 15 is 0 Å². The summed E-state index contributed by atoms with van der Waals surface area (Å²) in [4.78, 5) is 12.1. The molecule has 1 aromatic rings. The summed E-state index contributed by atoms with van der Waals surface area (Å²) in [5, 5.41) is 11.0. The van der Waals surface area contributed by atoms with Crippen LogP contribution in [-0.4, -0.2) is 11.1 Å². The molecule has 0 aliphatic carbocycles. The third-order valence-electron chi connectivity index (χ3n) is 2.22. The average molecular weight is 277 g/mol. The van der Waals surface area contributed by atoms with E-state index in [-0.39, 0.29) is 11.8 Å². The van der Waals surface area contributed by atoms with Crippen LogP contribution in [0.4, 0.5) is 0 Å². The molecule has 0 aliphatic rings. The molecule has 1 aromatic heterocycles. The summed E-state index contributed by atoms with van der Waals surface area (Å²) >= 11 is 5.01. The molecule has 78 valence electrons. The maximum absolute atomic E-state index is 11.0. The maximum atomic E-state index is 11.0. The lowest BCUT2D eigenvalue weighted by Gasteiger charge is -2.15. The number of hydrogen-bond donors (Lipinski definition) is 1. The zero-order chi connectivity index (χ0) is 10.7. The van der Waals surface area contributed by atoms with Crippen LogP contribution >= 0.6 is 27.3 Å². The van der Waals surface area contributed by atoms with Crippen molar-refractivity contribution in [3.05, 3.63) is 20.8 Å². The van der Waals surface area contributed by atoms with Crippen LogP contribution in [0, 0.1) is 11.8 Å². The van der Waals surface area contributed by atoms with Gasteiger partial charge in [0.05, 0.1) is 5.92 Å². The third kappa shape index (κ3) is 2.82. The van der Waals surface area contributed by atoms with Gasteiger partial charge in [-0.1, -0.05) is 13.8 Å². The molecule has 1 heterocycles. The Morgan fingerprint density at radius 1 is 1.64 bits per heavy atom. The summed E-state index contributed by atoms with van der Waals surface area (Å²) < 4.78 is 1.02. The van der Waals surface area contributed by atoms with Gasteiger partial charge in [-0.25, -0.2) is 0 Å². The highest BCUT2D eigenvalue weighted by Gasteiger charge is 2.23. The Kier molecular flexibility index (Phi) is 4.13. The fourth-order valence-electron chi connectivity index (χ4n) is 1.28. The summed E-state index contributed by atoms with van der Waals surface area (Å²) in [6, 6.07) is 1.96. The topological polar surface area (TPSA) is 37.3 Å². The van der Waals surface area contributed by atoms with Gasteiger partial charge in [-0.05, 0) is 39.7 Å². The van der Waals surface area contributed by atoms with Crippen molar-refractivity contribution < 1.29 is 9.90 Å². The Balaban J connectivity index is 2.75. The van der Waals surface area contributed by atoms with Gasteiger partial charge in [0.1, 0.15) is 0 Å². The number of carboxylic acids is 1. The van der Waals surface area contributed by atoms with Crippen molar-refractivity contribution in [1.29, 1.82) is 0 Å². The Morgan fingerprint density at radius 3 is 2.64 bits per heavy atom. The Hall–Kier alpha value is -0.350. The summed E-state index contributed by atoms with van der Waals surface area (Å²) in [7, 11) is 0. The van der Waals surface area contributed by atoms with Crippen LogP contribution in [0.2, 0.25) is 0 Å². The van der Waals surface area contributed by atoms with Gasteiger partial charge < -0.3 is 5.11 Å². The molecule has 0 aromatic carbocycles. The van der Waals surface area contributed by atoms with E-state index in [4.69, 9.17) is 5.11 Å². The number of rotatable bonds is 4. The smallest absolute Gasteiger partial charge is 0.307 e. The third-order valence-corrected chi connectivity index (χ3v) is 4.17. The number of carboxylic acid groups (broad SMARTS) is 1. The van der Waals surface area contributed by atoms with Crippen molar-refractivity contribution in [2.24, 2.45) is 11.8 Å². The van der Waals surface area contributed by atoms with Gasteiger partial charge in [0.2, 0.25) is 0 Å². The second-order valence-corrected chi connectivity index (χ2v) is 5.44. The standard InChI is InChI=1S/C10H13BrO2S/c1-6(2)7(10(12)13)5-9-8(11)3-4-14-9/h3-4,6-7H,5H2,1-2H3,(H,12,13). The largest absolute Gasteiger partial charge is 0.481 e. The first-order chi connectivity index (χ1) is 6.52. The second kappa shape index (κ2) is 4.94. The Morgan fingerprint density at radius 2 is 2.29 bits per heavy atom. The first-order valence-corrected chi connectivity index (χ1v) is 6.14. The van der Waals surface area contributed by atoms with E-state index in [1.165, 1.54) is 0 Å². The molecule has 1 rings (SSSR count). The van der Waals surface area contributed by atoms with Gasteiger partial charge in [0.25, 0.3) is 0 Å². The zero-order valence-electron chi connectivity index (χ0n) is 8.16. The highest BCUT2D eigenvalue weighted by molar-refractivity contribution is 9.10. The maximum Gasteiger partial charge on any atom is 0.307 e. The van der Waals surface area contributed by atoms with Crippen molar-refractivity contribution in [3.8, 4) is 0 Å². The molecule has 1 unspecified atom stereocenters. The van der Waals surface area contributed by atoms with Crippen molar-refractivity contribution in [1.82, 2.24) is 0 Å². The highest BCUT2D eigenvalue weighted by Crippen LogP contribution is 2.27. The predicted octanol–water partition coefficient (Wildman–Crippen LogP) is 3.41. The first kappa shape index (κ1) is 11.7. The molecule has 0 aliphatic heterocycles. The number of thiophene rings is 1. The van der Waals surface area contributed by atoms with Gasteiger partial charge >= 0.3 is 5.97 Å². The van der Waals surface area contributed by atoms with Crippen LogP contribution in [-0.2, 0) is 11.2 Å². The zero-order valence-corrected chi connectivity index (χ0v) is 10.6. The number of carbonyl (C=O) groups is 1. The van der Waals surface area contributed by atoms with Gasteiger partial charge in [-0.15, -0.1) is 11.3 Å². The molecule has 14 heavy (non-hydrogen) atoms. The fraction of sp³-hybridized carbons (Fsp3) is 0.500. The molecule has 0 amide bonds. The van der Waals surface area contributed by atoms with Gasteiger partial charge in [0.15, 0.2) is 0 Å². The first-order valence-electron chi connectivity index (χ1n) is 4.47. The Bertz CT molecular complexity index is 320. The van der Waals surface area contributed by atoms with Gasteiger partial charge in [-0.2, -0.15) is 0 Å². The molecule has 0 radical (unpaired) electrons. The van der Waals surface area contributed by atoms with E-state index in [9.17, 15) is 4.79 Å². The van der Waals surface area contributed by atoms with E-state index in [0.29, 0.717) is 6.42 Å². The SMILES string of the molecule is CC(C)C(Cc1sccc1Br)C(=O)O. The van der Waals surface area contributed by atoms with Crippen LogP contribution in [0.5, 0.6) is 0 Å². The number of halogens is 1. The highest BCUT2D eigenvalue weighted by atomic mass is 79.9. The minimum atomic E-state index is -0.708. The average Bonchev–Trinajstić information content (AvgIpc) is 2.46. The minimum absolute atomic E-state index is 0.168. The van der Waals surface area contributed by atoms with Gasteiger partial charge in [-0.3, -0.25) is 4.79 Å². The van der Waals surface area contributed by atoms with Crippen LogP contribution < -0.4 is 0 Å². The van der Waals surface area contributed by atoms with Crippen LogP contribution in [0.1, 0.15) is 18.7 Å². The number of hydrogen-bond acceptors (Lipinski definition) is 2. The van der Waals surface area contributed by atoms with Crippen LogP contribution in [0.15, 0.2) is 15.9 Å². The van der Waals surface area contributed by atoms with E-state index in [1.54, 1.807) is 11.3 Å². The monoisotopic (exact) mass is 276 g/mol. The molecule has 1 atom stereocenters. The Labute approximate surface area is 96.1 Å².